The van der Waals surface area contributed by atoms with Crippen molar-refractivity contribution >= 4 is 34.9 Å². The maximum atomic E-state index is 12.4. The van der Waals surface area contributed by atoms with E-state index in [-0.39, 0.29) is 24.3 Å². The Morgan fingerprint density at radius 1 is 1.00 bits per heavy atom. The van der Waals surface area contributed by atoms with Crippen LogP contribution in [0.4, 0.5) is 17.6 Å². The molecule has 0 aliphatic heterocycles. The molecule has 3 N–H and O–H groups in total. The SMILES string of the molecule is Cc1nc(COc2ccc(C(=O)OCc3nc(N)nc(Nc4ccccc4C)n3)cc2)cs1. The fourth-order valence-electron chi connectivity index (χ4n) is 2.92. The number of thiazole rings is 1. The average Bonchev–Trinajstić information content (AvgIpc) is 3.23. The number of benzene rings is 2. The highest BCUT2D eigenvalue weighted by atomic mass is 32.1. The predicted molar refractivity (Wildman–Crippen MR) is 125 cm³/mol. The first-order valence-corrected chi connectivity index (χ1v) is 11.0. The fraction of sp³-hybridized carbons (Fsp3) is 0.174. The maximum absolute atomic E-state index is 12.4. The number of carbonyl (C=O) groups excluding carboxylic acids is 1. The molecule has 10 heteroatoms. The minimum Gasteiger partial charge on any atom is -0.487 e. The summed E-state index contributed by atoms with van der Waals surface area (Å²) in [6, 6.07) is 14.4. The van der Waals surface area contributed by atoms with Crippen molar-refractivity contribution in [3.63, 3.8) is 0 Å². The number of aryl methyl sites for hydroxylation is 2. The van der Waals surface area contributed by atoms with Gasteiger partial charge in [-0.2, -0.15) is 15.0 Å². The number of para-hydroxylation sites is 1. The van der Waals surface area contributed by atoms with E-state index < -0.39 is 5.97 Å². The van der Waals surface area contributed by atoms with Crippen molar-refractivity contribution in [2.24, 2.45) is 0 Å². The highest BCUT2D eigenvalue weighted by Gasteiger charge is 2.12. The molecule has 2 heterocycles. The van der Waals surface area contributed by atoms with Crippen molar-refractivity contribution in [3.8, 4) is 5.75 Å². The van der Waals surface area contributed by atoms with Crippen molar-refractivity contribution in [2.45, 2.75) is 27.1 Å². The van der Waals surface area contributed by atoms with Gasteiger partial charge in [-0.1, -0.05) is 18.2 Å². The van der Waals surface area contributed by atoms with E-state index in [1.54, 1.807) is 35.6 Å². The molecule has 0 saturated heterocycles. The Morgan fingerprint density at radius 2 is 1.79 bits per heavy atom. The number of hydrogen-bond acceptors (Lipinski definition) is 10. The van der Waals surface area contributed by atoms with E-state index in [1.165, 1.54) is 0 Å². The first-order valence-electron chi connectivity index (χ1n) is 10.1. The fourth-order valence-corrected chi connectivity index (χ4v) is 3.52. The number of nitrogens with zero attached hydrogens (tertiary/aromatic N) is 4. The number of carbonyl (C=O) groups is 1. The quantitative estimate of drug-likeness (QED) is 0.370. The summed E-state index contributed by atoms with van der Waals surface area (Å²) in [6.07, 6.45) is 0. The highest BCUT2D eigenvalue weighted by Crippen LogP contribution is 2.19. The number of aromatic nitrogens is 4. The zero-order valence-electron chi connectivity index (χ0n) is 18.1. The minimum atomic E-state index is -0.510. The third kappa shape index (κ3) is 6.01. The second kappa shape index (κ2) is 10.0. The summed E-state index contributed by atoms with van der Waals surface area (Å²) < 4.78 is 11.0. The molecule has 33 heavy (non-hydrogen) atoms. The molecule has 0 aliphatic carbocycles. The number of nitrogens with one attached hydrogen (secondary N) is 1. The van der Waals surface area contributed by atoms with Crippen LogP contribution in [0.5, 0.6) is 5.75 Å². The third-order valence-electron chi connectivity index (χ3n) is 4.57. The lowest BCUT2D eigenvalue weighted by Gasteiger charge is -2.10. The van der Waals surface area contributed by atoms with Crippen molar-refractivity contribution in [1.29, 1.82) is 0 Å². The summed E-state index contributed by atoms with van der Waals surface area (Å²) >= 11 is 1.57. The number of nitrogens with two attached hydrogens (primary N) is 1. The number of rotatable bonds is 8. The molecule has 2 aromatic heterocycles. The van der Waals surface area contributed by atoms with Gasteiger partial charge < -0.3 is 20.5 Å². The third-order valence-corrected chi connectivity index (χ3v) is 5.39. The Hall–Kier alpha value is -4.05. The molecule has 0 amide bonds. The van der Waals surface area contributed by atoms with Crippen LogP contribution in [-0.2, 0) is 18.0 Å². The molecule has 0 fully saturated rings. The van der Waals surface area contributed by atoms with E-state index in [4.69, 9.17) is 15.2 Å². The first-order chi connectivity index (χ1) is 16.0. The molecular formula is C23H22N6O3S. The lowest BCUT2D eigenvalue weighted by molar-refractivity contribution is 0.0462. The van der Waals surface area contributed by atoms with Gasteiger partial charge in [-0.3, -0.25) is 0 Å². The van der Waals surface area contributed by atoms with Gasteiger partial charge in [0.05, 0.1) is 16.3 Å². The van der Waals surface area contributed by atoms with Gasteiger partial charge in [0.25, 0.3) is 0 Å². The summed E-state index contributed by atoms with van der Waals surface area (Å²) in [5, 5.41) is 6.05. The summed E-state index contributed by atoms with van der Waals surface area (Å²) in [7, 11) is 0. The highest BCUT2D eigenvalue weighted by molar-refractivity contribution is 7.09. The first kappa shape index (κ1) is 22.2. The molecule has 4 rings (SSSR count). The Morgan fingerprint density at radius 3 is 2.52 bits per heavy atom. The van der Waals surface area contributed by atoms with Gasteiger partial charge in [0.15, 0.2) is 12.4 Å². The Labute approximate surface area is 194 Å². The molecule has 168 valence electrons. The molecular weight excluding hydrogens is 440 g/mol. The average molecular weight is 463 g/mol. The lowest BCUT2D eigenvalue weighted by Crippen LogP contribution is -2.11. The van der Waals surface area contributed by atoms with Crippen LogP contribution in [0, 0.1) is 13.8 Å². The van der Waals surface area contributed by atoms with E-state index in [9.17, 15) is 4.79 Å². The molecule has 0 bridgehead atoms. The number of hydrogen-bond donors (Lipinski definition) is 2. The van der Waals surface area contributed by atoms with Gasteiger partial charge in [-0.05, 0) is 49.7 Å². The van der Waals surface area contributed by atoms with Crippen LogP contribution < -0.4 is 15.8 Å². The maximum Gasteiger partial charge on any atom is 0.338 e. The summed E-state index contributed by atoms with van der Waals surface area (Å²) in [5.74, 6) is 0.674. The topological polar surface area (TPSA) is 125 Å². The summed E-state index contributed by atoms with van der Waals surface area (Å²) in [5.41, 5.74) is 8.92. The van der Waals surface area contributed by atoms with Crippen molar-refractivity contribution < 1.29 is 14.3 Å². The van der Waals surface area contributed by atoms with E-state index in [0.29, 0.717) is 17.9 Å². The zero-order valence-corrected chi connectivity index (χ0v) is 18.9. The Bertz CT molecular complexity index is 1260. The van der Waals surface area contributed by atoms with Crippen LogP contribution in [0.3, 0.4) is 0 Å². The number of anilines is 3. The van der Waals surface area contributed by atoms with Crippen LogP contribution in [0.2, 0.25) is 0 Å². The zero-order chi connectivity index (χ0) is 23.2. The van der Waals surface area contributed by atoms with Gasteiger partial charge in [-0.25, -0.2) is 9.78 Å². The van der Waals surface area contributed by atoms with E-state index in [1.807, 2.05) is 43.5 Å². The van der Waals surface area contributed by atoms with E-state index in [0.717, 1.165) is 22.0 Å². The largest absolute Gasteiger partial charge is 0.487 e. The van der Waals surface area contributed by atoms with Crippen molar-refractivity contribution in [1.82, 2.24) is 19.9 Å². The second-order valence-corrected chi connectivity index (χ2v) is 8.18. The smallest absolute Gasteiger partial charge is 0.338 e. The van der Waals surface area contributed by atoms with Crippen LogP contribution >= 0.6 is 11.3 Å². The molecule has 0 unspecified atom stereocenters. The standard InChI is InChI=1S/C23H22N6O3S/c1-14-5-3-4-6-19(14)26-23-28-20(27-22(24)29-23)12-32-21(30)16-7-9-18(10-8-16)31-11-17-13-33-15(2)25-17/h3-10,13H,11-12H2,1-2H3,(H3,24,26,27,28,29). The summed E-state index contributed by atoms with van der Waals surface area (Å²) in [4.78, 5) is 29.2. The molecule has 0 aliphatic rings. The minimum absolute atomic E-state index is 0.0314. The van der Waals surface area contributed by atoms with Gasteiger partial charge in [0, 0.05) is 11.1 Å². The predicted octanol–water partition coefficient (Wildman–Crippen LogP) is 4.21. The Balaban J connectivity index is 1.34. The van der Waals surface area contributed by atoms with Crippen LogP contribution in [0.25, 0.3) is 0 Å². The molecule has 0 atom stereocenters. The lowest BCUT2D eigenvalue weighted by atomic mass is 10.2. The molecule has 0 radical (unpaired) electrons. The normalized spacial score (nSPS) is 10.6. The van der Waals surface area contributed by atoms with Crippen molar-refractivity contribution in [3.05, 3.63) is 81.6 Å². The van der Waals surface area contributed by atoms with E-state index >= 15 is 0 Å². The number of esters is 1. The molecule has 0 spiro atoms. The van der Waals surface area contributed by atoms with Crippen LogP contribution in [0.1, 0.15) is 32.4 Å². The molecule has 9 nitrogen and oxygen atoms in total. The van der Waals surface area contributed by atoms with E-state index in [2.05, 4.69) is 25.3 Å². The van der Waals surface area contributed by atoms with Crippen LogP contribution in [0.15, 0.2) is 53.9 Å². The Kier molecular flexibility index (Phi) is 6.75. The number of nitrogen functional groups attached to an aromatic ring is 1. The summed E-state index contributed by atoms with van der Waals surface area (Å²) in [6.45, 7) is 4.14. The molecule has 0 saturated carbocycles. The van der Waals surface area contributed by atoms with Gasteiger partial charge >= 0.3 is 5.97 Å². The van der Waals surface area contributed by atoms with Gasteiger partial charge in [-0.15, -0.1) is 11.3 Å². The monoisotopic (exact) mass is 462 g/mol. The van der Waals surface area contributed by atoms with Crippen molar-refractivity contribution in [2.75, 3.05) is 11.1 Å². The van der Waals surface area contributed by atoms with Crippen LogP contribution in [-0.4, -0.2) is 25.9 Å². The second-order valence-electron chi connectivity index (χ2n) is 7.12. The molecule has 4 aromatic rings. The van der Waals surface area contributed by atoms with Gasteiger partial charge in [0.1, 0.15) is 12.4 Å². The number of ether oxygens (including phenoxy) is 2. The molecule has 2 aromatic carbocycles. The van der Waals surface area contributed by atoms with Gasteiger partial charge in [0.2, 0.25) is 11.9 Å².